The topological polar surface area (TPSA) is 391 Å². The average molecular weight is 880 g/mol. The zero-order valence-electron chi connectivity index (χ0n) is 32.2. The summed E-state index contributed by atoms with van der Waals surface area (Å²) < 4.78 is 29.6. The molecule has 28 heteroatoms. The first-order chi connectivity index (χ1) is 29.4. The van der Waals surface area contributed by atoms with Gasteiger partial charge < -0.3 is 38.5 Å². The van der Waals surface area contributed by atoms with E-state index in [4.69, 9.17) is 23.7 Å². The molecule has 2 heterocycles. The summed E-state index contributed by atoms with van der Waals surface area (Å²) in [6.07, 6.45) is -13.8. The van der Waals surface area contributed by atoms with Crippen molar-refractivity contribution < 1.29 is 82.0 Å². The van der Waals surface area contributed by atoms with E-state index in [1.165, 1.54) is 7.11 Å². The molecule has 4 rings (SSSR count). The number of nitrogens with one attached hydrogen (secondary N) is 2. The number of methoxy groups -OCH3 is 1. The number of carbonyl (C=O) groups is 6. The van der Waals surface area contributed by atoms with Crippen LogP contribution in [0.15, 0.2) is 48.5 Å². The number of carbonyl (C=O) groups excluding carboxylic acids is 6. The van der Waals surface area contributed by atoms with Gasteiger partial charge in [0.1, 0.15) is 38.4 Å². The largest absolute Gasteiger partial charge is 0.463 e. The van der Waals surface area contributed by atoms with Gasteiger partial charge in [-0.15, -0.1) is 0 Å². The van der Waals surface area contributed by atoms with Crippen molar-refractivity contribution in [3.05, 3.63) is 100 Å². The fourth-order valence-electron chi connectivity index (χ4n) is 5.15. The maximum absolute atomic E-state index is 12.4. The molecule has 3 N–H and O–H groups in total. The third-order valence-electron chi connectivity index (χ3n) is 8.00. The van der Waals surface area contributed by atoms with Crippen molar-refractivity contribution in [3.63, 3.8) is 0 Å². The molecule has 0 saturated carbocycles. The van der Waals surface area contributed by atoms with Gasteiger partial charge in [-0.05, 0) is 18.2 Å². The first-order valence-electron chi connectivity index (χ1n) is 17.9. The minimum absolute atomic E-state index is 0.0698. The van der Waals surface area contributed by atoms with Gasteiger partial charge in [-0.2, -0.15) is 0 Å². The van der Waals surface area contributed by atoms with E-state index in [9.17, 15) is 74.3 Å². The number of aromatic nitrogens is 2. The van der Waals surface area contributed by atoms with Gasteiger partial charge in [0.15, 0.2) is 30.4 Å². The summed E-state index contributed by atoms with van der Waals surface area (Å²) in [7, 11) is 1.27. The molecule has 1 amide bonds. The maximum atomic E-state index is 12.4. The van der Waals surface area contributed by atoms with Gasteiger partial charge in [-0.3, -0.25) is 69.7 Å². The number of amides is 1. The molecule has 2 aromatic carbocycles. The molecular formula is C34H37N7O21. The lowest BCUT2D eigenvalue weighted by Gasteiger charge is -2.42. The number of nitro groups is 4. The van der Waals surface area contributed by atoms with E-state index < -0.39 is 139 Å². The molecule has 0 spiro atoms. The van der Waals surface area contributed by atoms with Crippen molar-refractivity contribution in [2.45, 2.75) is 56.4 Å². The number of esters is 4. The Balaban J connectivity index is 0.000000387. The minimum atomic E-state index is -2.22. The summed E-state index contributed by atoms with van der Waals surface area (Å²) in [6.45, 7) is -4.46. The number of ketones is 1. The van der Waals surface area contributed by atoms with Gasteiger partial charge in [0.2, 0.25) is 32.1 Å². The molecule has 62 heavy (non-hydrogen) atoms. The van der Waals surface area contributed by atoms with E-state index in [2.05, 4.69) is 20.0 Å². The number of benzene rings is 2. The maximum Gasteiger partial charge on any atom is 0.413 e. The Morgan fingerprint density at radius 1 is 0.710 bits per heavy atom. The van der Waals surface area contributed by atoms with Crippen LogP contribution >= 0.6 is 0 Å². The van der Waals surface area contributed by atoms with Crippen molar-refractivity contribution in [1.82, 2.24) is 9.97 Å². The zero-order chi connectivity index (χ0) is 45.9. The molecule has 5 atom stereocenters. The molecule has 1 aliphatic rings. The normalized spacial score (nSPS) is 17.8. The lowest BCUT2D eigenvalue weighted by atomic mass is 9.98. The predicted molar refractivity (Wildman–Crippen MR) is 199 cm³/mol. The zero-order valence-corrected chi connectivity index (χ0v) is 32.2. The van der Waals surface area contributed by atoms with Gasteiger partial charge in [0.05, 0.1) is 18.1 Å². The second kappa shape index (κ2) is 23.7. The highest BCUT2D eigenvalue weighted by Gasteiger charge is 2.52. The van der Waals surface area contributed by atoms with Crippen LogP contribution in [0, 0.1) is 40.5 Å². The van der Waals surface area contributed by atoms with Gasteiger partial charge in [-0.25, -0.2) is 9.78 Å². The molecule has 28 nitrogen and oxygen atoms in total. The van der Waals surface area contributed by atoms with E-state index in [1.54, 1.807) is 30.3 Å². The Kier molecular flexibility index (Phi) is 18.6. The third kappa shape index (κ3) is 16.1. The number of aromatic amines is 1. The van der Waals surface area contributed by atoms with Crippen LogP contribution in [0.3, 0.4) is 0 Å². The molecule has 1 fully saturated rings. The Morgan fingerprint density at radius 3 is 1.73 bits per heavy atom. The van der Waals surface area contributed by atoms with E-state index in [0.717, 1.165) is 0 Å². The highest BCUT2D eigenvalue weighted by Crippen LogP contribution is 2.29. The average Bonchev–Trinajstić information content (AvgIpc) is 3.63. The summed E-state index contributed by atoms with van der Waals surface area (Å²) >= 11 is 0. The molecule has 1 aromatic heterocycles. The summed E-state index contributed by atoms with van der Waals surface area (Å²) in [4.78, 5) is 118. The lowest BCUT2D eigenvalue weighted by molar-refractivity contribution is -0.479. The van der Waals surface area contributed by atoms with E-state index in [-0.39, 0.29) is 11.7 Å². The smallest absolute Gasteiger partial charge is 0.413 e. The molecule has 0 bridgehead atoms. The molecular weight excluding hydrogens is 842 g/mol. The molecule has 1 aliphatic heterocycles. The number of imidazole rings is 1. The number of anilines is 1. The van der Waals surface area contributed by atoms with Crippen molar-refractivity contribution in [3.8, 4) is 0 Å². The molecule has 1 saturated heterocycles. The van der Waals surface area contributed by atoms with Gasteiger partial charge in [-0.1, -0.05) is 30.3 Å². The first kappa shape index (κ1) is 48.6. The molecule has 0 aliphatic carbocycles. The molecule has 334 valence electrons. The summed E-state index contributed by atoms with van der Waals surface area (Å²) in [5.74, 6) is -4.86. The first-order valence-corrected chi connectivity index (χ1v) is 17.9. The summed E-state index contributed by atoms with van der Waals surface area (Å²) in [5.41, 5.74) is 2.48. The number of rotatable bonds is 20. The number of nitrogens with zero attached hydrogens (tertiary/aromatic N) is 5. The summed E-state index contributed by atoms with van der Waals surface area (Å²) in [6, 6.07) is 14.2. The Hall–Kier alpha value is -7.75. The number of hydrogen-bond donors (Lipinski definition) is 3. The highest BCUT2D eigenvalue weighted by atomic mass is 16.7. The van der Waals surface area contributed by atoms with Crippen LogP contribution in [-0.4, -0.2) is 141 Å². The van der Waals surface area contributed by atoms with Crippen LogP contribution in [0.2, 0.25) is 0 Å². The van der Waals surface area contributed by atoms with E-state index >= 15 is 0 Å². The highest BCUT2D eigenvalue weighted by molar-refractivity contribution is 6.10. The standard InChI is InChI=1S/C18H24N4O18.C16H13N3O3/c23-11(1-5-19(28)29)36-9-10-15(38-12(24)2-6-20(30)31)16(39-13(25)3-7-21(32)33)17(18(27)37-10)40-14(26)4-8-22(34)35;1-22-16(21)19-15-17-12-8-7-11(9-13(12)18-15)14(20)10-5-3-2-4-6-10/h10,15-18,27H,1-9H2;2-9H,1H3,(H2,17,18,19,21). The van der Waals surface area contributed by atoms with Crippen LogP contribution < -0.4 is 5.32 Å². The summed E-state index contributed by atoms with van der Waals surface area (Å²) in [5, 5.41) is 55.1. The minimum Gasteiger partial charge on any atom is -0.463 e. The fourth-order valence-corrected chi connectivity index (χ4v) is 5.15. The van der Waals surface area contributed by atoms with Crippen LogP contribution in [0.25, 0.3) is 11.0 Å². The van der Waals surface area contributed by atoms with Crippen molar-refractivity contribution in [2.24, 2.45) is 0 Å². The number of H-pyrrole nitrogens is 1. The Bertz CT molecular complexity index is 2130. The number of aliphatic hydroxyl groups excluding tert-OH is 1. The van der Waals surface area contributed by atoms with Gasteiger partial charge in [0.25, 0.3) is 0 Å². The second-order valence-electron chi connectivity index (χ2n) is 12.5. The predicted octanol–water partition coefficient (Wildman–Crippen LogP) is 0.622. The monoisotopic (exact) mass is 879 g/mol. The quantitative estimate of drug-likeness (QED) is 0.0460. The SMILES string of the molecule is COC(=O)Nc1nc2ccc(C(=O)c3ccccc3)cc2[nH]1.O=C(CC[N+](=O)[O-])OCC1OC(O)C(OC(=O)CC[N+](=O)[O-])C(OC(=O)CC[N+](=O)[O-])C1OC(=O)CC[N+](=O)[O-]. The molecule has 5 unspecified atom stereocenters. The Morgan fingerprint density at radius 2 is 1.21 bits per heavy atom. The van der Waals surface area contributed by atoms with Crippen LogP contribution in [0.4, 0.5) is 10.7 Å². The van der Waals surface area contributed by atoms with Gasteiger partial charge >= 0.3 is 30.0 Å². The van der Waals surface area contributed by atoms with Crippen LogP contribution in [0.5, 0.6) is 0 Å². The lowest BCUT2D eigenvalue weighted by Crippen LogP contribution is -2.62. The van der Waals surface area contributed by atoms with Gasteiger partial charge in [0, 0.05) is 30.8 Å². The van der Waals surface area contributed by atoms with E-state index in [1.807, 2.05) is 18.2 Å². The molecule has 3 aromatic rings. The second-order valence-corrected chi connectivity index (χ2v) is 12.5. The van der Waals surface area contributed by atoms with Crippen molar-refractivity contribution in [1.29, 1.82) is 0 Å². The van der Waals surface area contributed by atoms with Crippen molar-refractivity contribution in [2.75, 3.05) is 45.2 Å². The van der Waals surface area contributed by atoms with Crippen LogP contribution in [-0.2, 0) is 47.6 Å². The number of ether oxygens (including phenoxy) is 6. The number of hydrogen-bond acceptors (Lipinski definition) is 22. The fraction of sp³-hybridized carbons (Fsp3) is 0.441. The van der Waals surface area contributed by atoms with E-state index in [0.29, 0.717) is 22.2 Å². The number of aliphatic hydroxyl groups is 1. The van der Waals surface area contributed by atoms with Crippen molar-refractivity contribution >= 4 is 52.7 Å². The molecule has 0 radical (unpaired) electrons. The van der Waals surface area contributed by atoms with Crippen LogP contribution in [0.1, 0.15) is 41.6 Å². The third-order valence-corrected chi connectivity index (χ3v) is 8.00. The Labute approximate surface area is 346 Å². The number of fused-ring (bicyclic) bond motifs is 1.